The number of para-hydroxylation sites is 1. The van der Waals surface area contributed by atoms with Crippen molar-refractivity contribution < 1.29 is 8.42 Å². The number of hydrogen-bond acceptors (Lipinski definition) is 4. The fourth-order valence-corrected chi connectivity index (χ4v) is 3.26. The minimum absolute atomic E-state index is 0.00594. The predicted octanol–water partition coefficient (Wildman–Crippen LogP) is 1.75. The maximum atomic E-state index is 11.3. The van der Waals surface area contributed by atoms with Crippen molar-refractivity contribution in [3.8, 4) is 5.69 Å². The molecule has 26 heavy (non-hydrogen) atoms. The van der Waals surface area contributed by atoms with E-state index in [2.05, 4.69) is 20.6 Å². The quantitative estimate of drug-likeness (QED) is 0.540. The van der Waals surface area contributed by atoms with Gasteiger partial charge in [-0.3, -0.25) is 0 Å². The van der Waals surface area contributed by atoms with Gasteiger partial charge in [0.15, 0.2) is 5.96 Å². The van der Waals surface area contributed by atoms with Crippen LogP contribution in [-0.4, -0.2) is 48.5 Å². The molecule has 0 aliphatic heterocycles. The van der Waals surface area contributed by atoms with E-state index in [1.165, 1.54) is 6.26 Å². The van der Waals surface area contributed by atoms with Crippen molar-refractivity contribution >= 4 is 15.8 Å². The first kappa shape index (κ1) is 20.0. The van der Waals surface area contributed by atoms with Gasteiger partial charge in [0.25, 0.3) is 0 Å². The molecule has 0 aliphatic carbocycles. The average Bonchev–Trinajstić information content (AvgIpc) is 3.12. The number of aromatic nitrogens is 2. The maximum Gasteiger partial charge on any atom is 0.191 e. The molecule has 2 aromatic rings. The monoisotopic (exact) mass is 377 g/mol. The van der Waals surface area contributed by atoms with Gasteiger partial charge < -0.3 is 15.2 Å². The summed E-state index contributed by atoms with van der Waals surface area (Å²) in [5, 5.41) is 6.48. The largest absolute Gasteiger partial charge is 0.357 e. The van der Waals surface area contributed by atoms with Crippen molar-refractivity contribution in [1.82, 2.24) is 20.2 Å². The summed E-state index contributed by atoms with van der Waals surface area (Å²) < 4.78 is 24.6. The van der Waals surface area contributed by atoms with Gasteiger partial charge in [0, 0.05) is 31.2 Å². The number of guanidine groups is 1. The number of nitrogens with one attached hydrogen (secondary N) is 2. The molecular weight excluding hydrogens is 350 g/mol. The van der Waals surface area contributed by atoms with E-state index >= 15 is 0 Å². The summed E-state index contributed by atoms with van der Waals surface area (Å²) in [4.78, 5) is 8.75. The topological polar surface area (TPSA) is 88.4 Å². The highest BCUT2D eigenvalue weighted by atomic mass is 32.2. The molecule has 1 unspecified atom stereocenters. The Morgan fingerprint density at radius 3 is 2.77 bits per heavy atom. The van der Waals surface area contributed by atoms with Crippen LogP contribution in [0.3, 0.4) is 0 Å². The van der Waals surface area contributed by atoms with Crippen LogP contribution in [0.25, 0.3) is 5.69 Å². The lowest BCUT2D eigenvalue weighted by atomic mass is 10.2. The van der Waals surface area contributed by atoms with Crippen LogP contribution in [-0.2, 0) is 16.4 Å². The summed E-state index contributed by atoms with van der Waals surface area (Å²) in [7, 11) is -2.96. The molecule has 1 aromatic carbocycles. The lowest BCUT2D eigenvalue weighted by molar-refractivity contribution is 0.581. The van der Waals surface area contributed by atoms with Gasteiger partial charge in [-0.15, -0.1) is 0 Å². The molecule has 1 atom stereocenters. The Bertz CT molecular complexity index is 816. The average molecular weight is 378 g/mol. The number of rotatable bonds is 8. The van der Waals surface area contributed by atoms with Gasteiger partial charge in [0.2, 0.25) is 0 Å². The van der Waals surface area contributed by atoms with Crippen molar-refractivity contribution in [3.63, 3.8) is 0 Å². The van der Waals surface area contributed by atoms with Gasteiger partial charge in [-0.2, -0.15) is 0 Å². The second-order valence-electron chi connectivity index (χ2n) is 6.26. The Labute approximate surface area is 155 Å². The Balaban J connectivity index is 2.08. The van der Waals surface area contributed by atoms with E-state index in [9.17, 15) is 8.42 Å². The van der Waals surface area contributed by atoms with Crippen molar-refractivity contribution in [3.05, 3.63) is 48.5 Å². The third-order valence-electron chi connectivity index (χ3n) is 3.83. The highest BCUT2D eigenvalue weighted by Gasteiger charge is 2.10. The van der Waals surface area contributed by atoms with Crippen LogP contribution < -0.4 is 10.6 Å². The van der Waals surface area contributed by atoms with Crippen LogP contribution in [0.15, 0.2) is 48.0 Å². The van der Waals surface area contributed by atoms with Gasteiger partial charge in [-0.1, -0.05) is 18.2 Å². The number of hydrogen-bond donors (Lipinski definition) is 2. The molecule has 0 aliphatic rings. The van der Waals surface area contributed by atoms with Crippen LogP contribution in [0.4, 0.5) is 0 Å². The van der Waals surface area contributed by atoms with E-state index in [0.717, 1.165) is 17.8 Å². The lowest BCUT2D eigenvalue weighted by Crippen LogP contribution is -2.42. The fraction of sp³-hybridized carbons (Fsp3) is 0.444. The molecule has 0 saturated heterocycles. The highest BCUT2D eigenvalue weighted by molar-refractivity contribution is 7.90. The Kier molecular flexibility index (Phi) is 7.20. The first-order chi connectivity index (χ1) is 12.4. The number of nitrogens with zero attached hydrogens (tertiary/aromatic N) is 3. The van der Waals surface area contributed by atoms with E-state index in [4.69, 9.17) is 0 Å². The smallest absolute Gasteiger partial charge is 0.191 e. The zero-order valence-electron chi connectivity index (χ0n) is 15.5. The van der Waals surface area contributed by atoms with Gasteiger partial charge >= 0.3 is 0 Å². The molecule has 2 rings (SSSR count). The summed E-state index contributed by atoms with van der Waals surface area (Å²) in [6, 6.07) is 8.04. The van der Waals surface area contributed by atoms with Crippen molar-refractivity contribution in [2.45, 2.75) is 32.9 Å². The summed E-state index contributed by atoms with van der Waals surface area (Å²) in [6.07, 6.45) is 7.20. The Hall–Kier alpha value is -2.35. The zero-order chi connectivity index (χ0) is 19.0. The molecule has 0 spiro atoms. The van der Waals surface area contributed by atoms with Gasteiger partial charge in [-0.25, -0.2) is 18.4 Å². The molecule has 1 heterocycles. The normalized spacial score (nSPS) is 13.4. The van der Waals surface area contributed by atoms with Gasteiger partial charge in [-0.05, 0) is 31.9 Å². The molecule has 7 nitrogen and oxygen atoms in total. The van der Waals surface area contributed by atoms with Crippen LogP contribution in [0.2, 0.25) is 0 Å². The lowest BCUT2D eigenvalue weighted by Gasteiger charge is -2.18. The molecule has 0 amide bonds. The summed E-state index contributed by atoms with van der Waals surface area (Å²) in [5.74, 6) is 0.832. The molecule has 0 saturated carbocycles. The summed E-state index contributed by atoms with van der Waals surface area (Å²) >= 11 is 0. The minimum atomic E-state index is -2.96. The molecule has 0 fully saturated rings. The van der Waals surface area contributed by atoms with Crippen LogP contribution in [0, 0.1) is 0 Å². The molecule has 0 bridgehead atoms. The maximum absolute atomic E-state index is 11.3. The van der Waals surface area contributed by atoms with Crippen molar-refractivity contribution in [2.24, 2.45) is 4.99 Å². The molecule has 8 heteroatoms. The molecule has 2 N–H and O–H groups in total. The standard InChI is InChI=1S/C18H27N5O2S/c1-4-20-18(22-15(2)9-12-26(3,24)25)21-13-16-7-5-6-8-17(16)23-11-10-19-14-23/h5-8,10-11,14-15H,4,9,12-13H2,1-3H3,(H2,20,21,22). The van der Waals surface area contributed by atoms with Gasteiger partial charge in [0.05, 0.1) is 24.3 Å². The van der Waals surface area contributed by atoms with Crippen LogP contribution in [0.5, 0.6) is 0 Å². The number of imidazole rings is 1. The summed E-state index contributed by atoms with van der Waals surface area (Å²) in [5.41, 5.74) is 2.11. The second kappa shape index (κ2) is 9.38. The summed E-state index contributed by atoms with van der Waals surface area (Å²) in [6.45, 7) is 5.19. The number of benzene rings is 1. The van der Waals surface area contributed by atoms with Crippen molar-refractivity contribution in [1.29, 1.82) is 0 Å². The van der Waals surface area contributed by atoms with Crippen LogP contribution >= 0.6 is 0 Å². The van der Waals surface area contributed by atoms with Gasteiger partial charge in [0.1, 0.15) is 9.84 Å². The van der Waals surface area contributed by atoms with E-state index in [-0.39, 0.29) is 11.8 Å². The molecule has 0 radical (unpaired) electrons. The van der Waals surface area contributed by atoms with E-state index in [1.807, 2.05) is 48.9 Å². The molecular formula is C18H27N5O2S. The second-order valence-corrected chi connectivity index (χ2v) is 8.52. The van der Waals surface area contributed by atoms with Crippen LogP contribution in [0.1, 0.15) is 25.8 Å². The first-order valence-corrected chi connectivity index (χ1v) is 10.7. The van der Waals surface area contributed by atoms with Crippen molar-refractivity contribution in [2.75, 3.05) is 18.6 Å². The Morgan fingerprint density at radius 1 is 1.35 bits per heavy atom. The predicted molar refractivity (Wildman–Crippen MR) is 105 cm³/mol. The van der Waals surface area contributed by atoms with E-state index in [0.29, 0.717) is 18.9 Å². The number of aliphatic imine (C=N–C) groups is 1. The minimum Gasteiger partial charge on any atom is -0.357 e. The first-order valence-electron chi connectivity index (χ1n) is 8.68. The van der Waals surface area contributed by atoms with E-state index in [1.54, 1.807) is 12.5 Å². The molecule has 142 valence electrons. The zero-order valence-corrected chi connectivity index (χ0v) is 16.3. The SMILES string of the molecule is CCNC(=NCc1ccccc1-n1ccnc1)NC(C)CCS(C)(=O)=O. The highest BCUT2D eigenvalue weighted by Crippen LogP contribution is 2.15. The molecule has 1 aromatic heterocycles. The number of sulfone groups is 1. The Morgan fingerprint density at radius 2 is 2.12 bits per heavy atom. The third-order valence-corrected chi connectivity index (χ3v) is 4.81. The van der Waals surface area contributed by atoms with E-state index < -0.39 is 9.84 Å². The third kappa shape index (κ3) is 6.51. The fourth-order valence-electron chi connectivity index (χ4n) is 2.48.